The maximum atomic E-state index is 12.6. The van der Waals surface area contributed by atoms with Gasteiger partial charge in [0.05, 0.1) is 0 Å². The first-order valence-electron chi connectivity index (χ1n) is 7.76. The summed E-state index contributed by atoms with van der Waals surface area (Å²) in [5, 5.41) is 2.65. The van der Waals surface area contributed by atoms with Crippen molar-refractivity contribution < 1.29 is 14.3 Å². The lowest BCUT2D eigenvalue weighted by Gasteiger charge is -2.23. The van der Waals surface area contributed by atoms with E-state index < -0.39 is 0 Å². The molecule has 2 aromatic rings. The molecule has 1 saturated carbocycles. The van der Waals surface area contributed by atoms with E-state index in [1.807, 2.05) is 35.5 Å². The smallest absolute Gasteiger partial charge is 0.273 e. The second-order valence-electron chi connectivity index (χ2n) is 6.10. The van der Waals surface area contributed by atoms with Crippen LogP contribution in [0.3, 0.4) is 0 Å². The number of ether oxygens (including phenoxy) is 2. The molecule has 0 saturated heterocycles. The number of carbonyl (C=O) groups excluding carboxylic acids is 1. The van der Waals surface area contributed by atoms with Gasteiger partial charge < -0.3 is 14.4 Å². The summed E-state index contributed by atoms with van der Waals surface area (Å²) in [4.78, 5) is 18.9. The number of hydrogen-bond donors (Lipinski definition) is 0. The molecule has 0 unspecified atom stereocenters. The first-order chi connectivity index (χ1) is 11.1. The van der Waals surface area contributed by atoms with Crippen molar-refractivity contribution in [2.24, 2.45) is 5.92 Å². The predicted octanol–water partition coefficient (Wildman–Crippen LogP) is 3.41. The molecule has 2 heterocycles. The van der Waals surface area contributed by atoms with Crippen LogP contribution in [0.4, 0.5) is 0 Å². The summed E-state index contributed by atoms with van der Waals surface area (Å²) in [6, 6.07) is 6.00. The highest BCUT2D eigenvalue weighted by atomic mass is 32.1. The van der Waals surface area contributed by atoms with Crippen molar-refractivity contribution in [2.75, 3.05) is 13.8 Å². The van der Waals surface area contributed by atoms with Crippen molar-refractivity contribution in [1.82, 2.24) is 9.88 Å². The number of hydrogen-bond acceptors (Lipinski definition) is 5. The van der Waals surface area contributed by atoms with Crippen molar-refractivity contribution >= 4 is 17.2 Å². The number of benzene rings is 1. The van der Waals surface area contributed by atoms with Crippen molar-refractivity contribution in [3.63, 3.8) is 0 Å². The molecular weight excluding hydrogens is 312 g/mol. The molecule has 1 fully saturated rings. The zero-order valence-corrected chi connectivity index (χ0v) is 13.9. The minimum Gasteiger partial charge on any atom is -0.454 e. The summed E-state index contributed by atoms with van der Waals surface area (Å²) in [7, 11) is 1.87. The van der Waals surface area contributed by atoms with Crippen molar-refractivity contribution in [3.05, 3.63) is 29.3 Å². The molecule has 1 amide bonds. The highest BCUT2D eigenvalue weighted by Crippen LogP contribution is 2.37. The summed E-state index contributed by atoms with van der Waals surface area (Å²) in [5.41, 5.74) is 1.45. The fourth-order valence-electron chi connectivity index (χ4n) is 2.79. The van der Waals surface area contributed by atoms with E-state index in [4.69, 9.17) is 9.47 Å². The molecule has 0 spiro atoms. The third-order valence-electron chi connectivity index (χ3n) is 4.58. The Labute approximate surface area is 138 Å². The van der Waals surface area contributed by atoms with Crippen LogP contribution in [0.15, 0.2) is 23.6 Å². The van der Waals surface area contributed by atoms with Gasteiger partial charge in [-0.2, -0.15) is 0 Å². The Bertz CT molecular complexity index is 754. The number of fused-ring (bicyclic) bond motifs is 1. The van der Waals surface area contributed by atoms with Gasteiger partial charge in [0.25, 0.3) is 5.91 Å². The molecule has 23 heavy (non-hydrogen) atoms. The summed E-state index contributed by atoms with van der Waals surface area (Å²) in [6.45, 7) is 2.37. The monoisotopic (exact) mass is 330 g/mol. The molecule has 1 atom stereocenters. The molecule has 2 aliphatic rings. The quantitative estimate of drug-likeness (QED) is 0.862. The maximum Gasteiger partial charge on any atom is 0.273 e. The minimum absolute atomic E-state index is 0.00681. The van der Waals surface area contributed by atoms with Crippen LogP contribution in [0, 0.1) is 5.92 Å². The van der Waals surface area contributed by atoms with Gasteiger partial charge in [0, 0.05) is 24.0 Å². The summed E-state index contributed by atoms with van der Waals surface area (Å²) >= 11 is 1.47. The van der Waals surface area contributed by atoms with E-state index in [2.05, 4.69) is 11.9 Å². The van der Waals surface area contributed by atoms with Crippen molar-refractivity contribution in [1.29, 1.82) is 0 Å². The SMILES string of the molecule is C[C@H](C1CC1)N(C)C(=O)c1csc(-c2ccc3c(c2)OCO3)n1. The van der Waals surface area contributed by atoms with Gasteiger partial charge >= 0.3 is 0 Å². The number of thiazole rings is 1. The molecule has 0 radical (unpaired) electrons. The van der Waals surface area contributed by atoms with Crippen LogP contribution in [0.25, 0.3) is 10.6 Å². The summed E-state index contributed by atoms with van der Waals surface area (Å²) in [5.74, 6) is 2.12. The minimum atomic E-state index is -0.00681. The molecular formula is C17H18N2O3S. The highest BCUT2D eigenvalue weighted by Gasteiger charge is 2.33. The molecule has 0 N–H and O–H groups in total. The number of rotatable bonds is 4. The second-order valence-corrected chi connectivity index (χ2v) is 6.96. The number of nitrogens with zero attached hydrogens (tertiary/aromatic N) is 2. The van der Waals surface area contributed by atoms with Crippen LogP contribution in [0.5, 0.6) is 11.5 Å². The summed E-state index contributed by atoms with van der Waals surface area (Å²) in [6.07, 6.45) is 2.44. The second kappa shape index (κ2) is 5.53. The Balaban J connectivity index is 1.55. The van der Waals surface area contributed by atoms with Crippen molar-refractivity contribution in [2.45, 2.75) is 25.8 Å². The zero-order valence-electron chi connectivity index (χ0n) is 13.1. The Morgan fingerprint density at radius 1 is 1.35 bits per heavy atom. The Morgan fingerprint density at radius 2 is 2.13 bits per heavy atom. The van der Waals surface area contributed by atoms with Gasteiger partial charge in [-0.25, -0.2) is 4.98 Å². The molecule has 0 bridgehead atoms. The van der Waals surface area contributed by atoms with E-state index in [-0.39, 0.29) is 18.7 Å². The van der Waals surface area contributed by atoms with Crippen LogP contribution in [0.2, 0.25) is 0 Å². The fraction of sp³-hybridized carbons (Fsp3) is 0.412. The van der Waals surface area contributed by atoms with E-state index in [0.717, 1.165) is 22.1 Å². The number of amides is 1. The van der Waals surface area contributed by atoms with Crippen molar-refractivity contribution in [3.8, 4) is 22.1 Å². The molecule has 1 aliphatic carbocycles. The fourth-order valence-corrected chi connectivity index (χ4v) is 3.59. The largest absolute Gasteiger partial charge is 0.454 e. The van der Waals surface area contributed by atoms with Gasteiger partial charge in [-0.15, -0.1) is 11.3 Å². The van der Waals surface area contributed by atoms with Gasteiger partial charge in [0.1, 0.15) is 10.7 Å². The lowest BCUT2D eigenvalue weighted by atomic mass is 10.2. The lowest BCUT2D eigenvalue weighted by molar-refractivity contribution is 0.0722. The number of carbonyl (C=O) groups is 1. The maximum absolute atomic E-state index is 12.6. The van der Waals surface area contributed by atoms with Gasteiger partial charge in [-0.05, 0) is 43.9 Å². The first-order valence-corrected chi connectivity index (χ1v) is 8.64. The Morgan fingerprint density at radius 3 is 2.91 bits per heavy atom. The molecule has 5 nitrogen and oxygen atoms in total. The lowest BCUT2D eigenvalue weighted by Crippen LogP contribution is -2.36. The van der Waals surface area contributed by atoms with E-state index >= 15 is 0 Å². The predicted molar refractivity (Wildman–Crippen MR) is 88.0 cm³/mol. The average Bonchev–Trinajstić information content (AvgIpc) is 3.11. The standard InChI is InChI=1S/C17H18N2O3S/c1-10(11-3-4-11)19(2)17(20)13-8-23-16(18-13)12-5-6-14-15(7-12)22-9-21-14/h5-8,10-11H,3-4,9H2,1-2H3/t10-/m1/s1. The van der Waals surface area contributed by atoms with Gasteiger partial charge in [-0.3, -0.25) is 4.79 Å². The van der Waals surface area contributed by atoms with E-state index in [9.17, 15) is 4.79 Å². The highest BCUT2D eigenvalue weighted by molar-refractivity contribution is 7.13. The molecule has 120 valence electrons. The van der Waals surface area contributed by atoms with Crippen LogP contribution < -0.4 is 9.47 Å². The number of aromatic nitrogens is 1. The Hall–Kier alpha value is -2.08. The third kappa shape index (κ3) is 2.67. The van der Waals surface area contributed by atoms with Gasteiger partial charge in [0.2, 0.25) is 6.79 Å². The molecule has 1 aromatic carbocycles. The van der Waals surface area contributed by atoms with Crippen LogP contribution in [-0.4, -0.2) is 35.7 Å². The normalized spacial score (nSPS) is 17.1. The first kappa shape index (κ1) is 14.5. The third-order valence-corrected chi connectivity index (χ3v) is 5.47. The van der Waals surface area contributed by atoms with E-state index in [0.29, 0.717) is 11.6 Å². The van der Waals surface area contributed by atoms with Crippen LogP contribution >= 0.6 is 11.3 Å². The topological polar surface area (TPSA) is 51.7 Å². The Kier molecular flexibility index (Phi) is 3.49. The van der Waals surface area contributed by atoms with E-state index in [1.165, 1.54) is 24.2 Å². The van der Waals surface area contributed by atoms with Crippen LogP contribution in [0.1, 0.15) is 30.3 Å². The van der Waals surface area contributed by atoms with E-state index in [1.54, 1.807) is 0 Å². The molecule has 1 aliphatic heterocycles. The summed E-state index contributed by atoms with van der Waals surface area (Å²) < 4.78 is 10.7. The van der Waals surface area contributed by atoms with Crippen LogP contribution in [-0.2, 0) is 0 Å². The van der Waals surface area contributed by atoms with Gasteiger partial charge in [-0.1, -0.05) is 0 Å². The van der Waals surface area contributed by atoms with Gasteiger partial charge in [0.15, 0.2) is 11.5 Å². The average molecular weight is 330 g/mol. The zero-order chi connectivity index (χ0) is 16.0. The molecule has 6 heteroatoms. The molecule has 1 aromatic heterocycles. The molecule has 4 rings (SSSR count).